The average Bonchev–Trinajstić information content (AvgIpc) is 3.37. The highest BCUT2D eigenvalue weighted by Crippen LogP contribution is 2.41. The molecular weight excluding hydrogens is 395 g/mol. The number of aromatic nitrogens is 2. The minimum atomic E-state index is -1.59. The van der Waals surface area contributed by atoms with Gasteiger partial charge >= 0.3 is 11.8 Å². The van der Waals surface area contributed by atoms with Crippen LogP contribution in [0.1, 0.15) is 25.3 Å². The molecule has 2 aliphatic rings. The molecule has 0 radical (unpaired) electrons. The van der Waals surface area contributed by atoms with Crippen LogP contribution in [0, 0.1) is 11.7 Å². The fourth-order valence-corrected chi connectivity index (χ4v) is 4.15. The summed E-state index contributed by atoms with van der Waals surface area (Å²) in [6, 6.07) is 0.751. The van der Waals surface area contributed by atoms with E-state index in [2.05, 4.69) is 0 Å². The van der Waals surface area contributed by atoms with Crippen LogP contribution in [0.2, 0.25) is 5.02 Å². The number of aliphatic hydroxyl groups excluding tert-OH is 1. The molecule has 0 bridgehead atoms. The smallest absolute Gasteiger partial charge is 0.424 e. The van der Waals surface area contributed by atoms with Crippen LogP contribution in [0.4, 0.5) is 14.9 Å². The molecule has 1 saturated heterocycles. The van der Waals surface area contributed by atoms with Crippen LogP contribution in [-0.2, 0) is 0 Å². The van der Waals surface area contributed by atoms with Crippen molar-refractivity contribution in [3.63, 3.8) is 0 Å². The number of benzene rings is 1. The molecule has 28 heavy (non-hydrogen) atoms. The molecule has 2 heterocycles. The van der Waals surface area contributed by atoms with Crippen molar-refractivity contribution in [2.45, 2.75) is 25.3 Å². The topological polar surface area (TPSA) is 117 Å². The number of anilines is 1. The predicted octanol–water partition coefficient (Wildman–Crippen LogP) is 1.33. The predicted molar refractivity (Wildman–Crippen MR) is 100 cm³/mol. The molecule has 1 amide bonds. The van der Waals surface area contributed by atoms with Crippen molar-refractivity contribution in [1.29, 1.82) is 0 Å². The van der Waals surface area contributed by atoms with Gasteiger partial charge < -0.3 is 15.1 Å². The first-order valence-electron chi connectivity index (χ1n) is 8.88. The Bertz CT molecular complexity index is 1090. The number of nitrogens with one attached hydrogen (secondary N) is 1. The molecule has 2 fully saturated rings. The average molecular weight is 413 g/mol. The molecule has 9 nitrogen and oxygen atoms in total. The number of carbonyl (C=O) groups is 1. The largest absolute Gasteiger partial charge is 0.464 e. The van der Waals surface area contributed by atoms with Crippen molar-refractivity contribution in [1.82, 2.24) is 9.24 Å². The second kappa shape index (κ2) is 6.78. The Morgan fingerprint density at radius 3 is 2.61 bits per heavy atom. The first-order valence-corrected chi connectivity index (χ1v) is 9.26. The Kier molecular flexibility index (Phi) is 4.54. The Morgan fingerprint density at radius 2 is 2.04 bits per heavy atom. The van der Waals surface area contributed by atoms with Gasteiger partial charge in [0.25, 0.3) is 5.56 Å². The molecule has 1 aliphatic carbocycles. The number of rotatable bonds is 4. The zero-order chi connectivity index (χ0) is 20.2. The minimum absolute atomic E-state index is 0.00967. The van der Waals surface area contributed by atoms with Crippen molar-refractivity contribution in [3.05, 3.63) is 37.7 Å². The zero-order valence-electron chi connectivity index (χ0n) is 14.7. The van der Waals surface area contributed by atoms with Gasteiger partial charge in [0.15, 0.2) is 0 Å². The van der Waals surface area contributed by atoms with Gasteiger partial charge in [-0.25, -0.2) is 19.4 Å². The zero-order valence-corrected chi connectivity index (χ0v) is 15.4. The summed E-state index contributed by atoms with van der Waals surface area (Å²) in [6.45, 7) is 0.865. The van der Waals surface area contributed by atoms with Gasteiger partial charge in [-0.1, -0.05) is 11.6 Å². The number of halogens is 2. The summed E-state index contributed by atoms with van der Waals surface area (Å²) in [5, 5.41) is 18.0. The van der Waals surface area contributed by atoms with Crippen LogP contribution in [0.25, 0.3) is 10.9 Å². The SMILES string of the molecule is O=C(O)Nn1c(=O)c2cc(F)c(N3CCC(CO)C3)c(Cl)c2n(C2CC2)c1=O. The number of hydrogen-bond acceptors (Lipinski definition) is 5. The first-order chi connectivity index (χ1) is 13.3. The Labute approximate surface area is 162 Å². The summed E-state index contributed by atoms with van der Waals surface area (Å²) in [6.07, 6.45) is 0.416. The maximum absolute atomic E-state index is 14.9. The molecule has 4 rings (SSSR count). The van der Waals surface area contributed by atoms with Crippen molar-refractivity contribution >= 4 is 34.3 Å². The van der Waals surface area contributed by atoms with Crippen molar-refractivity contribution in [3.8, 4) is 0 Å². The summed E-state index contributed by atoms with van der Waals surface area (Å²) in [5.74, 6) is -0.749. The highest BCUT2D eigenvalue weighted by atomic mass is 35.5. The maximum Gasteiger partial charge on any atom is 0.424 e. The second-order valence-corrected chi connectivity index (χ2v) is 7.52. The van der Waals surface area contributed by atoms with Gasteiger partial charge in [-0.3, -0.25) is 9.36 Å². The highest BCUT2D eigenvalue weighted by Gasteiger charge is 2.33. The third-order valence-electron chi connectivity index (χ3n) is 5.22. The van der Waals surface area contributed by atoms with Crippen molar-refractivity contribution in [2.24, 2.45) is 5.92 Å². The summed E-state index contributed by atoms with van der Waals surface area (Å²) in [5.41, 5.74) is 0.102. The molecule has 1 aromatic heterocycles. The lowest BCUT2D eigenvalue weighted by Crippen LogP contribution is -2.46. The molecule has 150 valence electrons. The van der Waals surface area contributed by atoms with Gasteiger partial charge in [-0.15, -0.1) is 0 Å². The molecular formula is C17H18ClFN4O5. The van der Waals surface area contributed by atoms with Gasteiger partial charge in [-0.2, -0.15) is 4.68 Å². The van der Waals surface area contributed by atoms with Gasteiger partial charge in [0.2, 0.25) is 0 Å². The summed E-state index contributed by atoms with van der Waals surface area (Å²) < 4.78 is 16.5. The summed E-state index contributed by atoms with van der Waals surface area (Å²) >= 11 is 6.51. The maximum atomic E-state index is 14.9. The van der Waals surface area contributed by atoms with E-state index in [0.29, 0.717) is 37.0 Å². The number of carboxylic acid groups (broad SMARTS) is 1. The second-order valence-electron chi connectivity index (χ2n) is 7.14. The van der Waals surface area contributed by atoms with Crippen LogP contribution in [0.3, 0.4) is 0 Å². The lowest BCUT2D eigenvalue weighted by atomic mass is 10.1. The lowest BCUT2D eigenvalue weighted by Gasteiger charge is -2.23. The number of amides is 1. The first kappa shape index (κ1) is 18.8. The summed E-state index contributed by atoms with van der Waals surface area (Å²) in [4.78, 5) is 38.1. The third kappa shape index (κ3) is 2.92. The monoisotopic (exact) mass is 412 g/mol. The van der Waals surface area contributed by atoms with Crippen LogP contribution in [0.5, 0.6) is 0 Å². The fraction of sp³-hybridized carbons (Fsp3) is 0.471. The van der Waals surface area contributed by atoms with E-state index in [-0.39, 0.29) is 40.2 Å². The lowest BCUT2D eigenvalue weighted by molar-refractivity contribution is 0.205. The number of aliphatic hydroxyl groups is 1. The van der Waals surface area contributed by atoms with Crippen LogP contribution < -0.4 is 21.6 Å². The van der Waals surface area contributed by atoms with Crippen molar-refractivity contribution < 1.29 is 19.4 Å². The van der Waals surface area contributed by atoms with Crippen LogP contribution in [0.15, 0.2) is 15.7 Å². The van der Waals surface area contributed by atoms with Crippen molar-refractivity contribution in [2.75, 3.05) is 30.0 Å². The molecule has 1 atom stereocenters. The molecule has 11 heteroatoms. The standard InChI is InChI=1S/C17H18ClFN4O5/c18-12-13-10(5-11(19)14(12)21-4-3-8(6-21)7-24)15(25)23(20-16(26)27)17(28)22(13)9-1-2-9/h5,8-9,20,24H,1-4,6-7H2,(H,26,27). The molecule has 1 saturated carbocycles. The molecule has 1 unspecified atom stereocenters. The number of nitrogens with zero attached hydrogens (tertiary/aromatic N) is 3. The van der Waals surface area contributed by atoms with E-state index in [9.17, 15) is 23.9 Å². The molecule has 3 N–H and O–H groups in total. The van der Waals surface area contributed by atoms with Gasteiger partial charge in [0.1, 0.15) is 5.82 Å². The van der Waals surface area contributed by atoms with E-state index < -0.39 is 23.2 Å². The minimum Gasteiger partial charge on any atom is -0.464 e. The van der Waals surface area contributed by atoms with E-state index in [0.717, 1.165) is 6.07 Å². The highest BCUT2D eigenvalue weighted by molar-refractivity contribution is 6.38. The van der Waals surface area contributed by atoms with Crippen LogP contribution >= 0.6 is 11.6 Å². The van der Waals surface area contributed by atoms with Crippen LogP contribution in [-0.4, -0.2) is 45.2 Å². The third-order valence-corrected chi connectivity index (χ3v) is 5.58. The van der Waals surface area contributed by atoms with E-state index in [4.69, 9.17) is 16.7 Å². The number of hydrogen-bond donors (Lipinski definition) is 3. The normalized spacial score (nSPS) is 19.4. The van der Waals surface area contributed by atoms with Gasteiger partial charge in [0, 0.05) is 31.7 Å². The van der Waals surface area contributed by atoms with Gasteiger partial charge in [0.05, 0.1) is 21.6 Å². The molecule has 0 spiro atoms. The fourth-order valence-electron chi connectivity index (χ4n) is 3.75. The molecule has 2 aromatic rings. The Hall–Kier alpha value is -2.59. The van der Waals surface area contributed by atoms with E-state index in [1.807, 2.05) is 0 Å². The number of fused-ring (bicyclic) bond motifs is 1. The van der Waals surface area contributed by atoms with Gasteiger partial charge in [-0.05, 0) is 25.3 Å². The van der Waals surface area contributed by atoms with E-state index in [1.165, 1.54) is 4.57 Å². The van der Waals surface area contributed by atoms with E-state index in [1.54, 1.807) is 10.3 Å². The van der Waals surface area contributed by atoms with E-state index >= 15 is 0 Å². The Morgan fingerprint density at radius 1 is 1.32 bits per heavy atom. The molecule has 1 aromatic carbocycles. The molecule has 1 aliphatic heterocycles. The quantitative estimate of drug-likeness (QED) is 0.697. The summed E-state index contributed by atoms with van der Waals surface area (Å²) in [7, 11) is 0. The Balaban J connectivity index is 2.00.